The van der Waals surface area contributed by atoms with Gasteiger partial charge in [0.25, 0.3) is 0 Å². The summed E-state index contributed by atoms with van der Waals surface area (Å²) in [5.41, 5.74) is 3.42. The predicted octanol–water partition coefficient (Wildman–Crippen LogP) is 3.82. The second kappa shape index (κ2) is 8.08. The van der Waals surface area contributed by atoms with Gasteiger partial charge in [-0.3, -0.25) is 4.79 Å². The van der Waals surface area contributed by atoms with Crippen LogP contribution < -0.4 is 4.87 Å². The molecule has 0 aliphatic rings. The van der Waals surface area contributed by atoms with Crippen LogP contribution in [-0.2, 0) is 12.8 Å². The van der Waals surface area contributed by atoms with Gasteiger partial charge < -0.3 is 9.88 Å². The van der Waals surface area contributed by atoms with Gasteiger partial charge in [-0.1, -0.05) is 72.0 Å². The molecule has 3 nitrogen and oxygen atoms in total. The molecular formula is C20H22N2OS. The van der Waals surface area contributed by atoms with Gasteiger partial charge in [-0.2, -0.15) is 0 Å². The Morgan fingerprint density at radius 3 is 2.25 bits per heavy atom. The molecule has 1 heterocycles. The van der Waals surface area contributed by atoms with Crippen molar-refractivity contribution < 1.29 is 0 Å². The fourth-order valence-corrected chi connectivity index (χ4v) is 3.58. The van der Waals surface area contributed by atoms with E-state index in [1.165, 1.54) is 16.9 Å². The topological polar surface area (TPSA) is 36.1 Å². The van der Waals surface area contributed by atoms with Gasteiger partial charge in [0.05, 0.1) is 5.69 Å². The van der Waals surface area contributed by atoms with Crippen LogP contribution in [0.4, 0.5) is 0 Å². The van der Waals surface area contributed by atoms with Crippen LogP contribution in [0.15, 0.2) is 65.5 Å². The third kappa shape index (κ3) is 4.43. The van der Waals surface area contributed by atoms with E-state index < -0.39 is 0 Å². The summed E-state index contributed by atoms with van der Waals surface area (Å²) in [6, 6.07) is 20.6. The van der Waals surface area contributed by atoms with E-state index in [-0.39, 0.29) is 4.87 Å². The van der Waals surface area contributed by atoms with Crippen LogP contribution in [0, 0.1) is 0 Å². The molecule has 3 aromatic rings. The molecule has 2 aromatic carbocycles. The van der Waals surface area contributed by atoms with E-state index in [0.29, 0.717) is 0 Å². The summed E-state index contributed by atoms with van der Waals surface area (Å²) in [4.78, 5) is 18.3. The lowest BCUT2D eigenvalue weighted by Gasteiger charge is -2.16. The van der Waals surface area contributed by atoms with Crippen molar-refractivity contribution in [3.63, 3.8) is 0 Å². The van der Waals surface area contributed by atoms with Gasteiger partial charge in [0.2, 0.25) is 0 Å². The Hall–Kier alpha value is -2.17. The maximum atomic E-state index is 11.8. The van der Waals surface area contributed by atoms with E-state index in [1.54, 1.807) is 0 Å². The maximum Gasteiger partial charge on any atom is 0.305 e. The lowest BCUT2D eigenvalue weighted by molar-refractivity contribution is 0.344. The van der Waals surface area contributed by atoms with Crippen LogP contribution in [0.1, 0.15) is 10.4 Å². The van der Waals surface area contributed by atoms with Crippen molar-refractivity contribution in [3.05, 3.63) is 80.8 Å². The Morgan fingerprint density at radius 1 is 0.917 bits per heavy atom. The summed E-state index contributed by atoms with van der Waals surface area (Å²) in [5, 5.41) is 0. The molecule has 0 atom stereocenters. The number of hydrogen-bond donors (Lipinski definition) is 1. The highest BCUT2D eigenvalue weighted by molar-refractivity contribution is 7.09. The fraction of sp³-hybridized carbons (Fsp3) is 0.250. The molecule has 3 rings (SSSR count). The summed E-state index contributed by atoms with van der Waals surface area (Å²) in [6.45, 7) is 1.96. The summed E-state index contributed by atoms with van der Waals surface area (Å²) in [6.07, 6.45) is 1.94. The number of aromatic amines is 1. The SMILES string of the molecule is CN(CCc1ccccc1)CCc1sc(=O)[nH]c1-c1ccccc1. The van der Waals surface area contributed by atoms with Gasteiger partial charge in [0.1, 0.15) is 0 Å². The molecule has 0 amide bonds. The first kappa shape index (κ1) is 16.7. The van der Waals surface area contributed by atoms with Crippen molar-refractivity contribution in [2.75, 3.05) is 20.1 Å². The molecule has 124 valence electrons. The Kier molecular flexibility index (Phi) is 5.62. The number of thiazole rings is 1. The standard InChI is InChI=1S/C20H22N2OS/c1-22(14-12-16-8-4-2-5-9-16)15-13-18-19(21-20(23)24-18)17-10-6-3-7-11-17/h2-11H,12-15H2,1H3,(H,21,23). The van der Waals surface area contributed by atoms with Gasteiger partial charge >= 0.3 is 4.87 Å². The molecule has 0 fully saturated rings. The average molecular weight is 338 g/mol. The zero-order chi connectivity index (χ0) is 16.8. The number of H-pyrrole nitrogens is 1. The van der Waals surface area contributed by atoms with Crippen LogP contribution in [0.25, 0.3) is 11.3 Å². The number of rotatable bonds is 7. The summed E-state index contributed by atoms with van der Waals surface area (Å²) >= 11 is 1.33. The quantitative estimate of drug-likeness (QED) is 0.711. The normalized spacial score (nSPS) is 11.1. The molecule has 0 aliphatic carbocycles. The highest BCUT2D eigenvalue weighted by Crippen LogP contribution is 2.23. The molecule has 0 radical (unpaired) electrons. The minimum Gasteiger partial charge on any atom is -0.312 e. The fourth-order valence-electron chi connectivity index (χ4n) is 2.74. The second-order valence-electron chi connectivity index (χ2n) is 5.97. The number of aromatic nitrogens is 1. The number of benzene rings is 2. The average Bonchev–Trinajstić information content (AvgIpc) is 3.00. The molecule has 0 saturated heterocycles. The smallest absolute Gasteiger partial charge is 0.305 e. The van der Waals surface area contributed by atoms with E-state index >= 15 is 0 Å². The van der Waals surface area contributed by atoms with Crippen LogP contribution in [-0.4, -0.2) is 30.0 Å². The van der Waals surface area contributed by atoms with Crippen LogP contribution >= 0.6 is 11.3 Å². The molecule has 0 spiro atoms. The first-order valence-corrected chi connectivity index (χ1v) is 9.04. The molecular weight excluding hydrogens is 316 g/mol. The summed E-state index contributed by atoms with van der Waals surface area (Å²) < 4.78 is 0. The number of nitrogens with zero attached hydrogens (tertiary/aromatic N) is 1. The van der Waals surface area contributed by atoms with Crippen LogP contribution in [0.3, 0.4) is 0 Å². The molecule has 1 N–H and O–H groups in total. The predicted molar refractivity (Wildman–Crippen MR) is 102 cm³/mol. The molecule has 4 heteroatoms. The van der Waals surface area contributed by atoms with Crippen molar-refractivity contribution in [3.8, 4) is 11.3 Å². The zero-order valence-electron chi connectivity index (χ0n) is 13.9. The van der Waals surface area contributed by atoms with Crippen molar-refractivity contribution in [2.45, 2.75) is 12.8 Å². The Bertz CT molecular complexity index is 808. The highest BCUT2D eigenvalue weighted by atomic mass is 32.1. The maximum absolute atomic E-state index is 11.8. The first-order chi connectivity index (χ1) is 11.7. The van der Waals surface area contributed by atoms with E-state index in [2.05, 4.69) is 41.2 Å². The Morgan fingerprint density at radius 2 is 1.54 bits per heavy atom. The summed E-state index contributed by atoms with van der Waals surface area (Å²) in [7, 11) is 2.14. The van der Waals surface area contributed by atoms with Crippen LogP contribution in [0.5, 0.6) is 0 Å². The van der Waals surface area contributed by atoms with Gasteiger partial charge in [-0.25, -0.2) is 0 Å². The Balaban J connectivity index is 1.59. The van der Waals surface area contributed by atoms with Crippen molar-refractivity contribution in [1.82, 2.24) is 9.88 Å². The molecule has 0 saturated carbocycles. The number of nitrogens with one attached hydrogen (secondary N) is 1. The summed E-state index contributed by atoms with van der Waals surface area (Å²) in [5.74, 6) is 0. The molecule has 0 unspecified atom stereocenters. The Labute approximate surface area is 146 Å². The third-order valence-electron chi connectivity index (χ3n) is 4.13. The van der Waals surface area contributed by atoms with E-state index in [0.717, 1.165) is 42.1 Å². The highest BCUT2D eigenvalue weighted by Gasteiger charge is 2.11. The van der Waals surface area contributed by atoms with Gasteiger partial charge in [0, 0.05) is 18.0 Å². The van der Waals surface area contributed by atoms with Gasteiger partial charge in [-0.15, -0.1) is 0 Å². The first-order valence-electron chi connectivity index (χ1n) is 8.22. The van der Waals surface area contributed by atoms with Gasteiger partial charge in [-0.05, 0) is 31.0 Å². The molecule has 1 aromatic heterocycles. The lowest BCUT2D eigenvalue weighted by Crippen LogP contribution is -2.23. The van der Waals surface area contributed by atoms with Crippen molar-refractivity contribution in [2.24, 2.45) is 0 Å². The monoisotopic (exact) mass is 338 g/mol. The molecule has 0 bridgehead atoms. The minimum absolute atomic E-state index is 0.0239. The van der Waals surface area contributed by atoms with E-state index in [1.807, 2.05) is 36.4 Å². The van der Waals surface area contributed by atoms with Crippen molar-refractivity contribution in [1.29, 1.82) is 0 Å². The lowest BCUT2D eigenvalue weighted by atomic mass is 10.1. The second-order valence-corrected chi connectivity index (χ2v) is 7.04. The van der Waals surface area contributed by atoms with Crippen molar-refractivity contribution >= 4 is 11.3 Å². The molecule has 24 heavy (non-hydrogen) atoms. The molecule has 0 aliphatic heterocycles. The van der Waals surface area contributed by atoms with Gasteiger partial charge in [0.15, 0.2) is 0 Å². The third-order valence-corrected chi connectivity index (χ3v) is 5.07. The largest absolute Gasteiger partial charge is 0.312 e. The number of hydrogen-bond acceptors (Lipinski definition) is 3. The van der Waals surface area contributed by atoms with E-state index in [9.17, 15) is 4.79 Å². The minimum atomic E-state index is 0.0239. The zero-order valence-corrected chi connectivity index (χ0v) is 14.7. The number of likely N-dealkylation sites (N-methyl/N-ethyl adjacent to an activating group) is 1. The van der Waals surface area contributed by atoms with E-state index in [4.69, 9.17) is 0 Å². The van der Waals surface area contributed by atoms with Crippen LogP contribution in [0.2, 0.25) is 0 Å².